The predicted molar refractivity (Wildman–Crippen MR) is 71.5 cm³/mol. The standard InChI is InChI=1S/C12H23N3O.ClH/c1-9-6-15(7-10(2)14-9)8-12(16)13-5-11-3-4-11;/h9-11,14H,3-8H2,1-2H3,(H,13,16);1H. The fourth-order valence-corrected chi connectivity index (χ4v) is 2.41. The summed E-state index contributed by atoms with van der Waals surface area (Å²) in [6, 6.07) is 0.972. The smallest absolute Gasteiger partial charge is 0.234 e. The third kappa shape index (κ3) is 5.23. The lowest BCUT2D eigenvalue weighted by Gasteiger charge is -2.35. The van der Waals surface area contributed by atoms with Crippen LogP contribution in [0.15, 0.2) is 0 Å². The monoisotopic (exact) mass is 261 g/mol. The van der Waals surface area contributed by atoms with Crippen molar-refractivity contribution in [3.8, 4) is 0 Å². The molecule has 2 rings (SSSR count). The van der Waals surface area contributed by atoms with Crippen LogP contribution in [0.4, 0.5) is 0 Å². The Morgan fingerprint density at radius 1 is 1.29 bits per heavy atom. The zero-order valence-corrected chi connectivity index (χ0v) is 11.6. The predicted octanol–water partition coefficient (Wildman–Crippen LogP) is 0.617. The summed E-state index contributed by atoms with van der Waals surface area (Å²) in [5.41, 5.74) is 0. The quantitative estimate of drug-likeness (QED) is 0.780. The van der Waals surface area contributed by atoms with Crippen molar-refractivity contribution in [3.05, 3.63) is 0 Å². The first-order chi connectivity index (χ1) is 7.63. The Bertz CT molecular complexity index is 248. The number of hydrogen-bond donors (Lipinski definition) is 2. The number of piperazine rings is 1. The number of rotatable bonds is 4. The SMILES string of the molecule is CC1CN(CC(=O)NCC2CC2)CC(C)N1.Cl. The fourth-order valence-electron chi connectivity index (χ4n) is 2.41. The second-order valence-electron chi connectivity index (χ2n) is 5.41. The van der Waals surface area contributed by atoms with E-state index in [0.717, 1.165) is 25.6 Å². The van der Waals surface area contributed by atoms with Crippen LogP contribution in [0.5, 0.6) is 0 Å². The molecule has 1 aliphatic heterocycles. The molecular formula is C12H24ClN3O. The third-order valence-corrected chi connectivity index (χ3v) is 3.29. The third-order valence-electron chi connectivity index (χ3n) is 3.29. The van der Waals surface area contributed by atoms with E-state index in [4.69, 9.17) is 0 Å². The van der Waals surface area contributed by atoms with Gasteiger partial charge in [-0.2, -0.15) is 0 Å². The van der Waals surface area contributed by atoms with E-state index < -0.39 is 0 Å². The number of carbonyl (C=O) groups excluding carboxylic acids is 1. The molecule has 2 fully saturated rings. The molecule has 17 heavy (non-hydrogen) atoms. The molecule has 5 heteroatoms. The van der Waals surface area contributed by atoms with Crippen LogP contribution in [0.1, 0.15) is 26.7 Å². The molecule has 0 radical (unpaired) electrons. The molecule has 2 aliphatic rings. The maximum Gasteiger partial charge on any atom is 0.234 e. The van der Waals surface area contributed by atoms with Crippen molar-refractivity contribution in [2.45, 2.75) is 38.8 Å². The summed E-state index contributed by atoms with van der Waals surface area (Å²) in [6.45, 7) is 7.73. The van der Waals surface area contributed by atoms with E-state index in [2.05, 4.69) is 29.4 Å². The normalized spacial score (nSPS) is 29.5. The molecule has 1 saturated carbocycles. The number of carbonyl (C=O) groups is 1. The van der Waals surface area contributed by atoms with Crippen molar-refractivity contribution in [2.24, 2.45) is 5.92 Å². The van der Waals surface area contributed by atoms with Crippen molar-refractivity contribution in [1.82, 2.24) is 15.5 Å². The summed E-state index contributed by atoms with van der Waals surface area (Å²) in [5, 5.41) is 6.49. The topological polar surface area (TPSA) is 44.4 Å². The molecule has 0 aromatic heterocycles. The summed E-state index contributed by atoms with van der Waals surface area (Å²) < 4.78 is 0. The van der Waals surface area contributed by atoms with Crippen molar-refractivity contribution in [3.63, 3.8) is 0 Å². The minimum absolute atomic E-state index is 0. The van der Waals surface area contributed by atoms with Crippen LogP contribution in [-0.4, -0.2) is 49.1 Å². The molecule has 0 aromatic carbocycles. The second kappa shape index (κ2) is 6.57. The highest BCUT2D eigenvalue weighted by molar-refractivity contribution is 5.85. The Hall–Kier alpha value is -0.320. The maximum absolute atomic E-state index is 11.7. The van der Waals surface area contributed by atoms with Crippen molar-refractivity contribution in [2.75, 3.05) is 26.2 Å². The van der Waals surface area contributed by atoms with Gasteiger partial charge in [-0.25, -0.2) is 0 Å². The van der Waals surface area contributed by atoms with E-state index in [9.17, 15) is 4.79 Å². The van der Waals surface area contributed by atoms with E-state index in [0.29, 0.717) is 18.6 Å². The average Bonchev–Trinajstić information content (AvgIpc) is 2.96. The Balaban J connectivity index is 0.00000144. The van der Waals surface area contributed by atoms with Gasteiger partial charge in [-0.05, 0) is 32.6 Å². The molecule has 0 spiro atoms. The molecule has 0 bridgehead atoms. The molecule has 1 aliphatic carbocycles. The Labute approximate surface area is 110 Å². The van der Waals surface area contributed by atoms with Gasteiger partial charge in [-0.15, -0.1) is 12.4 Å². The van der Waals surface area contributed by atoms with Crippen LogP contribution in [0.25, 0.3) is 0 Å². The van der Waals surface area contributed by atoms with Gasteiger partial charge < -0.3 is 10.6 Å². The van der Waals surface area contributed by atoms with Gasteiger partial charge in [0, 0.05) is 31.7 Å². The van der Waals surface area contributed by atoms with Crippen LogP contribution < -0.4 is 10.6 Å². The highest BCUT2D eigenvalue weighted by Crippen LogP contribution is 2.27. The van der Waals surface area contributed by atoms with Crippen molar-refractivity contribution in [1.29, 1.82) is 0 Å². The van der Waals surface area contributed by atoms with E-state index in [-0.39, 0.29) is 18.3 Å². The van der Waals surface area contributed by atoms with Gasteiger partial charge in [0.15, 0.2) is 0 Å². The summed E-state index contributed by atoms with van der Waals surface area (Å²) in [6.07, 6.45) is 2.59. The molecule has 1 heterocycles. The summed E-state index contributed by atoms with van der Waals surface area (Å²) in [5.74, 6) is 0.956. The number of hydrogen-bond acceptors (Lipinski definition) is 3. The molecule has 100 valence electrons. The second-order valence-corrected chi connectivity index (χ2v) is 5.41. The van der Waals surface area contributed by atoms with Crippen molar-refractivity contribution >= 4 is 18.3 Å². The first-order valence-corrected chi connectivity index (χ1v) is 6.38. The van der Waals surface area contributed by atoms with E-state index in [1.54, 1.807) is 0 Å². The summed E-state index contributed by atoms with van der Waals surface area (Å²) >= 11 is 0. The highest BCUT2D eigenvalue weighted by Gasteiger charge is 2.24. The van der Waals surface area contributed by atoms with Gasteiger partial charge in [0.2, 0.25) is 5.91 Å². The van der Waals surface area contributed by atoms with Gasteiger partial charge in [-0.3, -0.25) is 9.69 Å². The highest BCUT2D eigenvalue weighted by atomic mass is 35.5. The van der Waals surface area contributed by atoms with Gasteiger partial charge in [0.05, 0.1) is 6.54 Å². The fraction of sp³-hybridized carbons (Fsp3) is 0.917. The van der Waals surface area contributed by atoms with Crippen molar-refractivity contribution < 1.29 is 4.79 Å². The number of halogens is 1. The Kier molecular flexibility index (Phi) is 5.70. The van der Waals surface area contributed by atoms with Gasteiger partial charge in [-0.1, -0.05) is 0 Å². The zero-order chi connectivity index (χ0) is 11.5. The summed E-state index contributed by atoms with van der Waals surface area (Å²) in [4.78, 5) is 13.9. The molecule has 1 amide bonds. The van der Waals surface area contributed by atoms with Gasteiger partial charge in [0.1, 0.15) is 0 Å². The molecule has 4 nitrogen and oxygen atoms in total. The molecule has 1 saturated heterocycles. The Morgan fingerprint density at radius 2 is 1.88 bits per heavy atom. The number of amides is 1. The number of nitrogens with one attached hydrogen (secondary N) is 2. The van der Waals surface area contributed by atoms with Gasteiger partial charge >= 0.3 is 0 Å². The van der Waals surface area contributed by atoms with Crippen LogP contribution in [0, 0.1) is 5.92 Å². The zero-order valence-electron chi connectivity index (χ0n) is 10.7. The molecule has 2 atom stereocenters. The lowest BCUT2D eigenvalue weighted by atomic mass is 10.1. The van der Waals surface area contributed by atoms with Crippen LogP contribution >= 0.6 is 12.4 Å². The van der Waals surface area contributed by atoms with E-state index in [1.807, 2.05) is 0 Å². The minimum Gasteiger partial charge on any atom is -0.355 e. The van der Waals surface area contributed by atoms with E-state index >= 15 is 0 Å². The van der Waals surface area contributed by atoms with Crippen LogP contribution in [0.2, 0.25) is 0 Å². The maximum atomic E-state index is 11.7. The molecule has 0 aromatic rings. The number of nitrogens with zero attached hydrogens (tertiary/aromatic N) is 1. The van der Waals surface area contributed by atoms with Crippen LogP contribution in [0.3, 0.4) is 0 Å². The lowest BCUT2D eigenvalue weighted by Crippen LogP contribution is -2.56. The Morgan fingerprint density at radius 3 is 2.41 bits per heavy atom. The molecule has 2 unspecified atom stereocenters. The van der Waals surface area contributed by atoms with Crippen LogP contribution in [-0.2, 0) is 4.79 Å². The first kappa shape index (κ1) is 14.7. The first-order valence-electron chi connectivity index (χ1n) is 6.38. The molecule has 2 N–H and O–H groups in total. The minimum atomic E-state index is 0. The average molecular weight is 262 g/mol. The van der Waals surface area contributed by atoms with Gasteiger partial charge in [0.25, 0.3) is 0 Å². The van der Waals surface area contributed by atoms with E-state index in [1.165, 1.54) is 12.8 Å². The summed E-state index contributed by atoms with van der Waals surface area (Å²) in [7, 11) is 0. The lowest BCUT2D eigenvalue weighted by molar-refractivity contribution is -0.122. The molecular weight excluding hydrogens is 238 g/mol. The largest absolute Gasteiger partial charge is 0.355 e.